The Morgan fingerprint density at radius 3 is 2.61 bits per heavy atom. The number of sulfone groups is 1. The lowest BCUT2D eigenvalue weighted by atomic mass is 10.1. The van der Waals surface area contributed by atoms with Gasteiger partial charge in [-0.05, 0) is 44.5 Å². The zero-order valence-electron chi connectivity index (χ0n) is 13.7. The SMILES string of the molecule is CCN(CC)c1ccc(N2C(=N)S[C@H]3CS(=O)(=O)C[C@H]32)c(C)c1. The molecular formula is C16H23N3O2S2. The minimum atomic E-state index is -2.98. The first kappa shape index (κ1) is 16.6. The van der Waals surface area contributed by atoms with Crippen LogP contribution < -0.4 is 9.80 Å². The molecule has 0 unspecified atom stereocenters. The zero-order chi connectivity index (χ0) is 16.8. The quantitative estimate of drug-likeness (QED) is 0.901. The van der Waals surface area contributed by atoms with Crippen molar-refractivity contribution < 1.29 is 8.42 Å². The minimum Gasteiger partial charge on any atom is -0.372 e. The van der Waals surface area contributed by atoms with Gasteiger partial charge in [0, 0.05) is 29.7 Å². The van der Waals surface area contributed by atoms with E-state index in [9.17, 15) is 8.42 Å². The molecule has 1 aromatic carbocycles. The Kier molecular flexibility index (Phi) is 4.35. The van der Waals surface area contributed by atoms with E-state index >= 15 is 0 Å². The van der Waals surface area contributed by atoms with Crippen molar-refractivity contribution in [3.63, 3.8) is 0 Å². The number of benzene rings is 1. The summed E-state index contributed by atoms with van der Waals surface area (Å²) >= 11 is 1.39. The van der Waals surface area contributed by atoms with Crippen molar-refractivity contribution in [2.75, 3.05) is 34.4 Å². The highest BCUT2D eigenvalue weighted by Gasteiger charge is 2.48. The molecule has 126 valence electrons. The Bertz CT molecular complexity index is 729. The summed E-state index contributed by atoms with van der Waals surface area (Å²) in [6.07, 6.45) is 0. The summed E-state index contributed by atoms with van der Waals surface area (Å²) in [5.74, 6) is 0.349. The Labute approximate surface area is 142 Å². The van der Waals surface area contributed by atoms with Crippen LogP contribution in [0.4, 0.5) is 11.4 Å². The highest BCUT2D eigenvalue weighted by atomic mass is 32.2. The molecule has 2 aliphatic rings. The molecule has 0 amide bonds. The molecule has 5 nitrogen and oxygen atoms in total. The predicted octanol–water partition coefficient (Wildman–Crippen LogP) is 2.49. The van der Waals surface area contributed by atoms with Crippen molar-refractivity contribution in [1.82, 2.24) is 0 Å². The van der Waals surface area contributed by atoms with Gasteiger partial charge in [0.15, 0.2) is 15.0 Å². The molecule has 2 saturated heterocycles. The van der Waals surface area contributed by atoms with E-state index in [1.165, 1.54) is 17.4 Å². The lowest BCUT2D eigenvalue weighted by molar-refractivity contribution is 0.601. The van der Waals surface area contributed by atoms with Crippen LogP contribution in [0.5, 0.6) is 0 Å². The van der Waals surface area contributed by atoms with Gasteiger partial charge >= 0.3 is 0 Å². The minimum absolute atomic E-state index is 0.00522. The van der Waals surface area contributed by atoms with Crippen LogP contribution in [0, 0.1) is 12.3 Å². The van der Waals surface area contributed by atoms with Crippen molar-refractivity contribution >= 4 is 38.1 Å². The van der Waals surface area contributed by atoms with Gasteiger partial charge in [0.25, 0.3) is 0 Å². The average molecular weight is 354 g/mol. The normalized spacial score (nSPS) is 25.7. The number of nitrogens with zero attached hydrogens (tertiary/aromatic N) is 2. The molecule has 2 atom stereocenters. The van der Waals surface area contributed by atoms with Gasteiger partial charge in [0.1, 0.15) is 0 Å². The van der Waals surface area contributed by atoms with Gasteiger partial charge in [-0.3, -0.25) is 5.41 Å². The van der Waals surface area contributed by atoms with E-state index in [-0.39, 0.29) is 22.8 Å². The maximum Gasteiger partial charge on any atom is 0.161 e. The number of aryl methyl sites for hydroxylation is 1. The lowest BCUT2D eigenvalue weighted by Gasteiger charge is -2.28. The molecule has 0 bridgehead atoms. The monoisotopic (exact) mass is 353 g/mol. The summed E-state index contributed by atoms with van der Waals surface area (Å²) in [5, 5.41) is 8.72. The van der Waals surface area contributed by atoms with Crippen LogP contribution in [0.2, 0.25) is 0 Å². The van der Waals surface area contributed by atoms with E-state index in [1.54, 1.807) is 0 Å². The summed E-state index contributed by atoms with van der Waals surface area (Å²) in [6.45, 7) is 8.21. The number of thioether (sulfide) groups is 1. The van der Waals surface area contributed by atoms with Crippen molar-refractivity contribution in [2.45, 2.75) is 32.1 Å². The molecule has 0 saturated carbocycles. The number of fused-ring (bicyclic) bond motifs is 1. The van der Waals surface area contributed by atoms with E-state index in [0.29, 0.717) is 5.17 Å². The fourth-order valence-electron chi connectivity index (χ4n) is 3.48. The number of hydrogen-bond acceptors (Lipinski definition) is 5. The third-order valence-electron chi connectivity index (χ3n) is 4.65. The predicted molar refractivity (Wildman–Crippen MR) is 98.8 cm³/mol. The molecule has 0 aromatic heterocycles. The largest absolute Gasteiger partial charge is 0.372 e. The number of nitrogens with one attached hydrogen (secondary N) is 1. The highest BCUT2D eigenvalue weighted by molar-refractivity contribution is 8.15. The van der Waals surface area contributed by atoms with Gasteiger partial charge in [-0.2, -0.15) is 0 Å². The van der Waals surface area contributed by atoms with Crippen molar-refractivity contribution in [3.05, 3.63) is 23.8 Å². The topological polar surface area (TPSA) is 64.5 Å². The fraction of sp³-hybridized carbons (Fsp3) is 0.562. The molecule has 0 radical (unpaired) electrons. The molecule has 0 spiro atoms. The second kappa shape index (κ2) is 6.02. The van der Waals surface area contributed by atoms with E-state index < -0.39 is 9.84 Å². The molecule has 0 aliphatic carbocycles. The maximum atomic E-state index is 11.9. The molecule has 2 aliphatic heterocycles. The van der Waals surface area contributed by atoms with Gasteiger partial charge < -0.3 is 9.80 Å². The molecular weight excluding hydrogens is 330 g/mol. The van der Waals surface area contributed by atoms with Gasteiger partial charge in [-0.1, -0.05) is 11.8 Å². The smallest absolute Gasteiger partial charge is 0.161 e. The first-order chi connectivity index (χ1) is 10.9. The van der Waals surface area contributed by atoms with Crippen LogP contribution in [0.1, 0.15) is 19.4 Å². The molecule has 3 rings (SSSR count). The number of anilines is 2. The number of amidine groups is 1. The Balaban J connectivity index is 1.94. The molecule has 1 aromatic rings. The fourth-order valence-corrected chi connectivity index (χ4v) is 7.27. The van der Waals surface area contributed by atoms with Crippen LogP contribution in [-0.4, -0.2) is 49.5 Å². The standard InChI is InChI=1S/C16H23N3O2S2/c1-4-18(5-2)12-6-7-13(11(3)8-12)19-14-9-23(20,21)10-15(14)22-16(19)17/h6-8,14-15,17H,4-5,9-10H2,1-3H3/t14-,15+/m1/s1. The van der Waals surface area contributed by atoms with Crippen molar-refractivity contribution in [2.24, 2.45) is 0 Å². The first-order valence-electron chi connectivity index (χ1n) is 7.96. The highest BCUT2D eigenvalue weighted by Crippen LogP contribution is 2.41. The molecule has 2 heterocycles. The van der Waals surface area contributed by atoms with Crippen molar-refractivity contribution in [1.29, 1.82) is 5.41 Å². The maximum absolute atomic E-state index is 11.9. The number of rotatable bonds is 4. The van der Waals surface area contributed by atoms with E-state index in [2.05, 4.69) is 30.9 Å². The Morgan fingerprint density at radius 2 is 2.00 bits per heavy atom. The van der Waals surface area contributed by atoms with Gasteiger partial charge in [0.05, 0.1) is 17.5 Å². The van der Waals surface area contributed by atoms with Crippen LogP contribution >= 0.6 is 11.8 Å². The van der Waals surface area contributed by atoms with Crippen LogP contribution in [-0.2, 0) is 9.84 Å². The summed E-state index contributed by atoms with van der Waals surface area (Å²) in [4.78, 5) is 4.20. The zero-order valence-corrected chi connectivity index (χ0v) is 15.4. The molecule has 23 heavy (non-hydrogen) atoms. The van der Waals surface area contributed by atoms with Gasteiger partial charge in [0.2, 0.25) is 0 Å². The van der Waals surface area contributed by atoms with E-state index in [4.69, 9.17) is 5.41 Å². The third-order valence-corrected chi connectivity index (χ3v) is 7.78. The van der Waals surface area contributed by atoms with Gasteiger partial charge in [-0.15, -0.1) is 0 Å². The van der Waals surface area contributed by atoms with Crippen LogP contribution in [0.15, 0.2) is 18.2 Å². The second-order valence-corrected chi connectivity index (χ2v) is 9.50. The van der Waals surface area contributed by atoms with E-state index in [1.807, 2.05) is 17.9 Å². The second-order valence-electron chi connectivity index (χ2n) is 6.12. The Hall–Kier alpha value is -1.21. The van der Waals surface area contributed by atoms with Gasteiger partial charge in [-0.25, -0.2) is 8.42 Å². The van der Waals surface area contributed by atoms with Crippen LogP contribution in [0.25, 0.3) is 0 Å². The summed E-state index contributed by atoms with van der Waals surface area (Å²) in [6, 6.07) is 6.14. The summed E-state index contributed by atoms with van der Waals surface area (Å²) < 4.78 is 23.8. The Morgan fingerprint density at radius 1 is 1.30 bits per heavy atom. The first-order valence-corrected chi connectivity index (χ1v) is 10.7. The third kappa shape index (κ3) is 2.96. The molecule has 2 fully saturated rings. The van der Waals surface area contributed by atoms with E-state index in [0.717, 1.165) is 24.3 Å². The van der Waals surface area contributed by atoms with Crippen molar-refractivity contribution in [3.8, 4) is 0 Å². The summed E-state index contributed by atoms with van der Waals surface area (Å²) in [5.41, 5.74) is 3.22. The number of hydrogen-bond donors (Lipinski definition) is 1. The average Bonchev–Trinajstić information content (AvgIpc) is 2.91. The molecule has 7 heteroatoms. The lowest BCUT2D eigenvalue weighted by Crippen LogP contribution is -2.37. The molecule has 1 N–H and O–H groups in total. The summed E-state index contributed by atoms with van der Waals surface area (Å²) in [7, 11) is -2.98. The van der Waals surface area contributed by atoms with Crippen LogP contribution in [0.3, 0.4) is 0 Å².